The summed E-state index contributed by atoms with van der Waals surface area (Å²) in [5.74, 6) is 0.978. The third kappa shape index (κ3) is 4.27. The van der Waals surface area contributed by atoms with E-state index >= 15 is 0 Å². The first-order valence-electron chi connectivity index (χ1n) is 10.9. The average molecular weight is 483 g/mol. The molecule has 1 aliphatic heterocycles. The molecule has 8 heteroatoms. The largest absolute Gasteiger partial charge is 0.493 e. The van der Waals surface area contributed by atoms with Crippen LogP contribution in [0.3, 0.4) is 0 Å². The number of aromatic nitrogens is 2. The maximum Gasteiger partial charge on any atom is 0.281 e. The molecule has 3 aromatic carbocycles. The fourth-order valence-corrected chi connectivity index (χ4v) is 4.21. The molecule has 1 N–H and O–H groups in total. The molecule has 174 valence electrons. The van der Waals surface area contributed by atoms with Gasteiger partial charge in [0.05, 0.1) is 25.6 Å². The normalized spacial score (nSPS) is 14.3. The summed E-state index contributed by atoms with van der Waals surface area (Å²) in [5.41, 5.74) is 4.21. The second-order valence-electron chi connectivity index (χ2n) is 7.75. The number of hydrogen-bond donors (Lipinski definition) is 1. The number of nitrogens with zero attached hydrogens (tertiary/aromatic N) is 3. The standard InChI is InChI=1S/C27H22N4O3S/c1-33-23-14-13-18(16-24(23)34-2)25-19(17-30(29-25)20-9-5-3-6-10-20)15-22-26(32)31(27(35)28-22)21-11-7-4-8-12-21/h3-17H,1-2H3,(H,28,35). The van der Waals surface area contributed by atoms with Crippen LogP contribution in [0, 0.1) is 0 Å². The number of methoxy groups -OCH3 is 2. The number of nitrogens with one attached hydrogen (secondary N) is 1. The number of rotatable bonds is 6. The van der Waals surface area contributed by atoms with E-state index in [4.69, 9.17) is 26.8 Å². The van der Waals surface area contributed by atoms with Gasteiger partial charge in [-0.25, -0.2) is 4.68 Å². The Kier molecular flexibility index (Phi) is 6.03. The zero-order valence-electron chi connectivity index (χ0n) is 19.1. The summed E-state index contributed by atoms with van der Waals surface area (Å²) in [6, 6.07) is 24.7. The van der Waals surface area contributed by atoms with E-state index in [-0.39, 0.29) is 5.91 Å². The van der Waals surface area contributed by atoms with Crippen LogP contribution < -0.4 is 19.7 Å². The van der Waals surface area contributed by atoms with Gasteiger partial charge < -0.3 is 14.8 Å². The average Bonchev–Trinajstić information content (AvgIpc) is 3.44. The topological polar surface area (TPSA) is 68.6 Å². The number of amides is 1. The van der Waals surface area contributed by atoms with Gasteiger partial charge in [-0.05, 0) is 60.8 Å². The number of ether oxygens (including phenoxy) is 2. The first-order valence-corrected chi connectivity index (χ1v) is 11.3. The fraction of sp³-hybridized carbons (Fsp3) is 0.0741. The van der Waals surface area contributed by atoms with E-state index in [1.807, 2.05) is 85.1 Å². The third-order valence-electron chi connectivity index (χ3n) is 5.61. The molecule has 1 amide bonds. The Morgan fingerprint density at radius 3 is 2.20 bits per heavy atom. The van der Waals surface area contributed by atoms with Gasteiger partial charge in [0, 0.05) is 17.3 Å². The van der Waals surface area contributed by atoms with Crippen molar-refractivity contribution < 1.29 is 14.3 Å². The van der Waals surface area contributed by atoms with Crippen LogP contribution in [0.15, 0.2) is 90.8 Å². The highest BCUT2D eigenvalue weighted by Gasteiger charge is 2.32. The molecule has 7 nitrogen and oxygen atoms in total. The molecule has 0 spiro atoms. The van der Waals surface area contributed by atoms with Gasteiger partial charge in [-0.15, -0.1) is 0 Å². The molecule has 1 saturated heterocycles. The van der Waals surface area contributed by atoms with Gasteiger partial charge in [0.2, 0.25) is 0 Å². The van der Waals surface area contributed by atoms with Gasteiger partial charge in [0.25, 0.3) is 5.91 Å². The van der Waals surface area contributed by atoms with Gasteiger partial charge in [-0.2, -0.15) is 5.10 Å². The smallest absolute Gasteiger partial charge is 0.281 e. The van der Waals surface area contributed by atoms with Gasteiger partial charge in [0.1, 0.15) is 11.4 Å². The van der Waals surface area contributed by atoms with Crippen LogP contribution in [-0.2, 0) is 4.79 Å². The first kappa shape index (κ1) is 22.4. The number of benzene rings is 3. The van der Waals surface area contributed by atoms with Gasteiger partial charge in [-0.1, -0.05) is 36.4 Å². The zero-order chi connectivity index (χ0) is 24.4. The van der Waals surface area contributed by atoms with E-state index in [1.165, 1.54) is 4.90 Å². The van der Waals surface area contributed by atoms with Crippen molar-refractivity contribution in [3.05, 3.63) is 96.3 Å². The fourth-order valence-electron chi connectivity index (χ4n) is 3.92. The first-order chi connectivity index (χ1) is 17.1. The van der Waals surface area contributed by atoms with Crippen molar-refractivity contribution in [1.82, 2.24) is 15.1 Å². The molecule has 0 radical (unpaired) electrons. The lowest BCUT2D eigenvalue weighted by atomic mass is 10.1. The predicted molar refractivity (Wildman–Crippen MR) is 140 cm³/mol. The summed E-state index contributed by atoms with van der Waals surface area (Å²) in [4.78, 5) is 14.8. The Morgan fingerprint density at radius 2 is 1.54 bits per heavy atom. The molecule has 0 aliphatic carbocycles. The van der Waals surface area contributed by atoms with Crippen molar-refractivity contribution in [2.75, 3.05) is 19.1 Å². The number of hydrogen-bond acceptors (Lipinski definition) is 5. The summed E-state index contributed by atoms with van der Waals surface area (Å²) < 4.78 is 12.7. The highest BCUT2D eigenvalue weighted by molar-refractivity contribution is 7.80. The van der Waals surface area contributed by atoms with Crippen molar-refractivity contribution in [2.24, 2.45) is 0 Å². The Morgan fingerprint density at radius 1 is 0.886 bits per heavy atom. The lowest BCUT2D eigenvalue weighted by Crippen LogP contribution is -2.30. The molecule has 0 bridgehead atoms. The molecule has 5 rings (SSSR count). The quantitative estimate of drug-likeness (QED) is 0.314. The predicted octanol–water partition coefficient (Wildman–Crippen LogP) is 4.82. The molecular weight excluding hydrogens is 460 g/mol. The minimum atomic E-state index is -0.230. The van der Waals surface area contributed by atoms with Crippen LogP contribution in [0.4, 0.5) is 5.69 Å². The maximum atomic E-state index is 13.3. The molecule has 1 aliphatic rings. The van der Waals surface area contributed by atoms with Gasteiger partial charge >= 0.3 is 0 Å². The number of carbonyl (C=O) groups excluding carboxylic acids is 1. The van der Waals surface area contributed by atoms with E-state index in [0.717, 1.165) is 16.8 Å². The number of para-hydroxylation sites is 2. The summed E-state index contributed by atoms with van der Waals surface area (Å²) in [7, 11) is 3.18. The van der Waals surface area contributed by atoms with E-state index in [2.05, 4.69) is 5.32 Å². The van der Waals surface area contributed by atoms with Crippen molar-refractivity contribution >= 4 is 35.0 Å². The molecule has 35 heavy (non-hydrogen) atoms. The Balaban J connectivity index is 1.61. The summed E-state index contributed by atoms with van der Waals surface area (Å²) in [6.45, 7) is 0. The molecule has 2 heterocycles. The van der Waals surface area contributed by atoms with Gasteiger partial charge in [-0.3, -0.25) is 9.69 Å². The van der Waals surface area contributed by atoms with Gasteiger partial charge in [0.15, 0.2) is 16.6 Å². The number of thiocarbonyl (C=S) groups is 1. The van der Waals surface area contributed by atoms with E-state index in [1.54, 1.807) is 25.0 Å². The summed E-state index contributed by atoms with van der Waals surface area (Å²) in [6.07, 6.45) is 3.66. The second kappa shape index (κ2) is 9.44. The van der Waals surface area contributed by atoms with E-state index in [9.17, 15) is 4.79 Å². The molecule has 0 unspecified atom stereocenters. The second-order valence-corrected chi connectivity index (χ2v) is 8.13. The van der Waals surface area contributed by atoms with Crippen LogP contribution >= 0.6 is 12.2 Å². The zero-order valence-corrected chi connectivity index (χ0v) is 20.0. The summed E-state index contributed by atoms with van der Waals surface area (Å²) in [5, 5.41) is 8.22. The van der Waals surface area contributed by atoms with Crippen LogP contribution in [-0.4, -0.2) is 35.0 Å². The monoisotopic (exact) mass is 482 g/mol. The van der Waals surface area contributed by atoms with Crippen molar-refractivity contribution in [1.29, 1.82) is 0 Å². The molecular formula is C27H22N4O3S. The molecule has 0 atom stereocenters. The Labute approximate surface area is 208 Å². The molecule has 4 aromatic rings. The van der Waals surface area contributed by atoms with Crippen LogP contribution in [0.5, 0.6) is 11.5 Å². The lowest BCUT2D eigenvalue weighted by Gasteiger charge is -2.13. The minimum Gasteiger partial charge on any atom is -0.493 e. The van der Waals surface area contributed by atoms with E-state index < -0.39 is 0 Å². The van der Waals surface area contributed by atoms with Crippen molar-refractivity contribution in [3.8, 4) is 28.4 Å². The number of carbonyl (C=O) groups is 1. The SMILES string of the molecule is COc1ccc(-c2nn(-c3ccccc3)cc2C=C2NC(=S)N(c3ccccc3)C2=O)cc1OC. The Hall–Kier alpha value is -4.43. The van der Waals surface area contributed by atoms with Crippen molar-refractivity contribution in [3.63, 3.8) is 0 Å². The summed E-state index contributed by atoms with van der Waals surface area (Å²) >= 11 is 5.46. The molecule has 1 aromatic heterocycles. The lowest BCUT2D eigenvalue weighted by molar-refractivity contribution is -0.113. The highest BCUT2D eigenvalue weighted by Crippen LogP contribution is 2.34. The van der Waals surface area contributed by atoms with Crippen molar-refractivity contribution in [2.45, 2.75) is 0 Å². The van der Waals surface area contributed by atoms with Crippen LogP contribution in [0.2, 0.25) is 0 Å². The maximum absolute atomic E-state index is 13.3. The minimum absolute atomic E-state index is 0.230. The van der Waals surface area contributed by atoms with Crippen LogP contribution in [0.25, 0.3) is 23.0 Å². The van der Waals surface area contributed by atoms with E-state index in [0.29, 0.717) is 33.7 Å². The highest BCUT2D eigenvalue weighted by atomic mass is 32.1. The molecule has 0 saturated carbocycles. The third-order valence-corrected chi connectivity index (χ3v) is 5.90. The Bertz CT molecular complexity index is 1430. The number of anilines is 1. The molecule has 1 fully saturated rings. The van der Waals surface area contributed by atoms with Crippen LogP contribution in [0.1, 0.15) is 5.56 Å².